The quantitative estimate of drug-likeness (QED) is 0.833. The van der Waals surface area contributed by atoms with E-state index in [1.54, 1.807) is 0 Å². The van der Waals surface area contributed by atoms with Gasteiger partial charge in [0.05, 0.1) is 6.04 Å². The fraction of sp³-hybridized carbons (Fsp3) is 0.500. The molecule has 0 spiro atoms. The maximum Gasteiger partial charge on any atom is 0.243 e. The average molecular weight is 262 g/mol. The first kappa shape index (κ1) is 12.3. The Balaban J connectivity index is 1.87. The minimum Gasteiger partial charge on any atom is -0.454 e. The molecule has 0 aliphatic carbocycles. The lowest BCUT2D eigenvalue weighted by atomic mass is 10.1. The van der Waals surface area contributed by atoms with Gasteiger partial charge in [0, 0.05) is 18.3 Å². The van der Waals surface area contributed by atoms with Crippen LogP contribution in [0.15, 0.2) is 18.2 Å². The molecule has 1 aromatic rings. The van der Waals surface area contributed by atoms with Crippen molar-refractivity contribution in [1.29, 1.82) is 0 Å². The zero-order valence-corrected chi connectivity index (χ0v) is 11.0. The minimum atomic E-state index is -0.147. The highest BCUT2D eigenvalue weighted by Crippen LogP contribution is 2.35. The van der Waals surface area contributed by atoms with Crippen LogP contribution < -0.4 is 19.7 Å². The van der Waals surface area contributed by atoms with Gasteiger partial charge in [0.15, 0.2) is 11.5 Å². The number of anilines is 1. The number of carbonyl (C=O) groups excluding carboxylic acids is 1. The highest BCUT2D eigenvalue weighted by atomic mass is 16.7. The van der Waals surface area contributed by atoms with Crippen molar-refractivity contribution in [2.45, 2.75) is 25.8 Å². The van der Waals surface area contributed by atoms with E-state index in [1.807, 2.05) is 30.0 Å². The summed E-state index contributed by atoms with van der Waals surface area (Å²) in [5.41, 5.74) is 0.879. The number of hydrogen-bond acceptors (Lipinski definition) is 4. The molecule has 19 heavy (non-hydrogen) atoms. The predicted octanol–water partition coefficient (Wildman–Crippen LogP) is 1.52. The molecule has 1 saturated heterocycles. The Morgan fingerprint density at radius 3 is 3.00 bits per heavy atom. The Morgan fingerprint density at radius 2 is 2.11 bits per heavy atom. The van der Waals surface area contributed by atoms with Crippen LogP contribution in [0.3, 0.4) is 0 Å². The van der Waals surface area contributed by atoms with Gasteiger partial charge in [-0.25, -0.2) is 0 Å². The first-order valence-corrected chi connectivity index (χ1v) is 6.70. The Morgan fingerprint density at radius 1 is 1.26 bits per heavy atom. The van der Waals surface area contributed by atoms with Crippen LogP contribution in [0.2, 0.25) is 0 Å². The van der Waals surface area contributed by atoms with Crippen LogP contribution in [0.4, 0.5) is 5.69 Å². The zero-order valence-electron chi connectivity index (χ0n) is 11.0. The summed E-state index contributed by atoms with van der Waals surface area (Å²) in [4.78, 5) is 14.2. The number of nitrogens with one attached hydrogen (secondary N) is 1. The number of benzene rings is 1. The van der Waals surface area contributed by atoms with Crippen LogP contribution >= 0.6 is 0 Å². The van der Waals surface area contributed by atoms with Crippen LogP contribution in [-0.2, 0) is 4.79 Å². The van der Waals surface area contributed by atoms with Gasteiger partial charge in [-0.05, 0) is 38.4 Å². The minimum absolute atomic E-state index is 0.110. The Hall–Kier alpha value is -1.75. The molecule has 1 unspecified atom stereocenters. The van der Waals surface area contributed by atoms with Gasteiger partial charge < -0.3 is 19.7 Å². The van der Waals surface area contributed by atoms with Crippen molar-refractivity contribution in [2.24, 2.45) is 0 Å². The van der Waals surface area contributed by atoms with Crippen molar-refractivity contribution in [1.82, 2.24) is 5.32 Å². The van der Waals surface area contributed by atoms with Crippen molar-refractivity contribution in [3.8, 4) is 11.5 Å². The van der Waals surface area contributed by atoms with Crippen LogP contribution in [0.5, 0.6) is 11.5 Å². The van der Waals surface area contributed by atoms with Crippen LogP contribution in [-0.4, -0.2) is 31.8 Å². The molecule has 2 aliphatic heterocycles. The van der Waals surface area contributed by atoms with Crippen molar-refractivity contribution < 1.29 is 14.3 Å². The van der Waals surface area contributed by atoms with E-state index in [0.29, 0.717) is 5.75 Å². The molecule has 0 saturated carbocycles. The maximum absolute atomic E-state index is 12.4. The molecule has 0 aromatic heterocycles. The normalized spacial score (nSPS) is 23.1. The van der Waals surface area contributed by atoms with Crippen molar-refractivity contribution in [2.75, 3.05) is 24.8 Å². The third-order valence-corrected chi connectivity index (χ3v) is 3.56. The van der Waals surface area contributed by atoms with E-state index < -0.39 is 0 Å². The highest BCUT2D eigenvalue weighted by Gasteiger charge is 2.24. The average Bonchev–Trinajstić information content (AvgIpc) is 2.87. The van der Waals surface area contributed by atoms with Gasteiger partial charge in [-0.3, -0.25) is 4.79 Å². The van der Waals surface area contributed by atoms with Gasteiger partial charge in [-0.2, -0.15) is 0 Å². The van der Waals surface area contributed by atoms with E-state index in [4.69, 9.17) is 9.47 Å². The molecule has 102 valence electrons. The van der Waals surface area contributed by atoms with E-state index in [1.165, 1.54) is 0 Å². The number of amides is 1. The molecular formula is C14H18N2O3. The summed E-state index contributed by atoms with van der Waals surface area (Å²) >= 11 is 0. The molecule has 0 radical (unpaired) electrons. The lowest BCUT2D eigenvalue weighted by molar-refractivity contribution is -0.120. The summed E-state index contributed by atoms with van der Waals surface area (Å²) in [6.07, 6.45) is 2.08. The SMILES string of the molecule is CC1NCCCCN(c2ccc3c(c2)OCO3)C1=O. The van der Waals surface area contributed by atoms with Gasteiger partial charge in [-0.15, -0.1) is 0 Å². The molecule has 2 heterocycles. The van der Waals surface area contributed by atoms with E-state index in [0.717, 1.165) is 37.4 Å². The molecule has 3 rings (SSSR count). The summed E-state index contributed by atoms with van der Waals surface area (Å²) in [5, 5.41) is 3.24. The lowest BCUT2D eigenvalue weighted by Gasteiger charge is -2.29. The lowest BCUT2D eigenvalue weighted by Crippen LogP contribution is -2.47. The molecule has 1 amide bonds. The Kier molecular flexibility index (Phi) is 3.29. The third-order valence-electron chi connectivity index (χ3n) is 3.56. The topological polar surface area (TPSA) is 50.8 Å². The van der Waals surface area contributed by atoms with Gasteiger partial charge >= 0.3 is 0 Å². The highest BCUT2D eigenvalue weighted by molar-refractivity contribution is 5.97. The van der Waals surface area contributed by atoms with Crippen LogP contribution in [0.1, 0.15) is 19.8 Å². The van der Waals surface area contributed by atoms with Crippen molar-refractivity contribution in [3.63, 3.8) is 0 Å². The van der Waals surface area contributed by atoms with Gasteiger partial charge in [0.2, 0.25) is 12.7 Å². The monoisotopic (exact) mass is 262 g/mol. The number of rotatable bonds is 1. The smallest absolute Gasteiger partial charge is 0.243 e. The van der Waals surface area contributed by atoms with Gasteiger partial charge in [0.25, 0.3) is 0 Å². The first-order chi connectivity index (χ1) is 9.25. The zero-order chi connectivity index (χ0) is 13.2. The summed E-state index contributed by atoms with van der Waals surface area (Å²) in [5.74, 6) is 1.57. The largest absolute Gasteiger partial charge is 0.454 e. The molecule has 1 N–H and O–H groups in total. The second-order valence-electron chi connectivity index (χ2n) is 4.91. The molecule has 5 nitrogen and oxygen atoms in total. The van der Waals surface area contributed by atoms with E-state index >= 15 is 0 Å². The molecule has 2 aliphatic rings. The molecule has 5 heteroatoms. The van der Waals surface area contributed by atoms with Crippen LogP contribution in [0.25, 0.3) is 0 Å². The standard InChI is InChI=1S/C14H18N2O3/c1-10-14(17)16(7-3-2-6-15-10)11-4-5-12-13(8-11)19-9-18-12/h4-5,8,10,15H,2-3,6-7,9H2,1H3. The predicted molar refractivity (Wildman–Crippen MR) is 71.6 cm³/mol. The number of ether oxygens (including phenoxy) is 2. The maximum atomic E-state index is 12.4. The third kappa shape index (κ3) is 2.38. The number of nitrogens with zero attached hydrogens (tertiary/aromatic N) is 1. The van der Waals surface area contributed by atoms with Crippen molar-refractivity contribution in [3.05, 3.63) is 18.2 Å². The molecule has 0 bridgehead atoms. The fourth-order valence-electron chi connectivity index (χ4n) is 2.45. The Bertz CT molecular complexity index is 490. The second-order valence-corrected chi connectivity index (χ2v) is 4.91. The molecule has 1 atom stereocenters. The molecule has 1 fully saturated rings. The molecular weight excluding hydrogens is 244 g/mol. The second kappa shape index (κ2) is 5.09. The first-order valence-electron chi connectivity index (χ1n) is 6.70. The van der Waals surface area contributed by atoms with E-state index in [-0.39, 0.29) is 18.7 Å². The summed E-state index contributed by atoms with van der Waals surface area (Å²) in [7, 11) is 0. The van der Waals surface area contributed by atoms with E-state index in [9.17, 15) is 4.79 Å². The number of hydrogen-bond donors (Lipinski definition) is 1. The summed E-state index contributed by atoms with van der Waals surface area (Å²) in [6, 6.07) is 5.52. The van der Waals surface area contributed by atoms with Gasteiger partial charge in [0.1, 0.15) is 0 Å². The Labute approximate surface area is 112 Å². The van der Waals surface area contributed by atoms with E-state index in [2.05, 4.69) is 5.32 Å². The van der Waals surface area contributed by atoms with Gasteiger partial charge in [-0.1, -0.05) is 0 Å². The fourth-order valence-corrected chi connectivity index (χ4v) is 2.45. The molecule has 1 aromatic carbocycles. The summed E-state index contributed by atoms with van der Waals surface area (Å²) < 4.78 is 10.7. The van der Waals surface area contributed by atoms with Crippen LogP contribution in [0, 0.1) is 0 Å². The summed E-state index contributed by atoms with van der Waals surface area (Å²) in [6.45, 7) is 3.82. The number of fused-ring (bicyclic) bond motifs is 1. The number of carbonyl (C=O) groups is 1. The van der Waals surface area contributed by atoms with Crippen molar-refractivity contribution >= 4 is 11.6 Å².